The lowest BCUT2D eigenvalue weighted by Crippen LogP contribution is -2.41. The van der Waals surface area contributed by atoms with Crippen molar-refractivity contribution >= 4 is 34.8 Å². The maximum Gasteiger partial charge on any atom is 0.239 e. The van der Waals surface area contributed by atoms with E-state index in [9.17, 15) is 14.0 Å². The molecule has 2 N–H and O–H groups in total. The van der Waals surface area contributed by atoms with Crippen LogP contribution in [-0.4, -0.2) is 11.8 Å². The van der Waals surface area contributed by atoms with Gasteiger partial charge in [-0.2, -0.15) is 0 Å². The van der Waals surface area contributed by atoms with E-state index in [1.165, 1.54) is 32.0 Å². The maximum absolute atomic E-state index is 13.6. The first-order valence-corrected chi connectivity index (χ1v) is 7.31. The van der Waals surface area contributed by atoms with Crippen LogP contribution in [0, 0.1) is 11.2 Å². The zero-order valence-electron chi connectivity index (χ0n) is 12.7. The van der Waals surface area contributed by atoms with Gasteiger partial charge in [0.15, 0.2) is 0 Å². The summed E-state index contributed by atoms with van der Waals surface area (Å²) < 4.78 is 13.6. The standard InChI is InChI=1S/C17H16ClFN2O2/c1-17(2,15(22)20-12-7-5-6-11(18)10-12)16(23)21-14-9-4-3-8-13(14)19/h3-10H,1-2H3,(H,20,22)(H,21,23). The highest BCUT2D eigenvalue weighted by molar-refractivity contribution is 6.31. The summed E-state index contributed by atoms with van der Waals surface area (Å²) in [7, 11) is 0. The number of para-hydroxylation sites is 1. The van der Waals surface area contributed by atoms with Crippen molar-refractivity contribution in [1.82, 2.24) is 0 Å². The lowest BCUT2D eigenvalue weighted by molar-refractivity contribution is -0.135. The molecule has 0 bridgehead atoms. The number of anilines is 2. The molecule has 0 unspecified atom stereocenters. The van der Waals surface area contributed by atoms with Crippen LogP contribution in [0.1, 0.15) is 13.8 Å². The molecule has 0 saturated heterocycles. The van der Waals surface area contributed by atoms with Crippen molar-refractivity contribution < 1.29 is 14.0 Å². The molecule has 120 valence electrons. The van der Waals surface area contributed by atoms with Gasteiger partial charge in [-0.05, 0) is 44.2 Å². The van der Waals surface area contributed by atoms with Crippen LogP contribution in [0.5, 0.6) is 0 Å². The van der Waals surface area contributed by atoms with Crippen LogP contribution in [-0.2, 0) is 9.59 Å². The van der Waals surface area contributed by atoms with E-state index in [1.54, 1.807) is 30.3 Å². The Bertz CT molecular complexity index is 747. The predicted molar refractivity (Wildman–Crippen MR) is 88.9 cm³/mol. The Hall–Kier alpha value is -2.40. The van der Waals surface area contributed by atoms with Crippen molar-refractivity contribution in [1.29, 1.82) is 0 Å². The van der Waals surface area contributed by atoms with Gasteiger partial charge in [-0.15, -0.1) is 0 Å². The molecule has 2 rings (SSSR count). The molecule has 0 heterocycles. The topological polar surface area (TPSA) is 58.2 Å². The van der Waals surface area contributed by atoms with Gasteiger partial charge in [0.05, 0.1) is 5.69 Å². The minimum atomic E-state index is -1.40. The third-order valence-electron chi connectivity index (χ3n) is 3.34. The smallest absolute Gasteiger partial charge is 0.239 e. The zero-order chi connectivity index (χ0) is 17.0. The number of hydrogen-bond acceptors (Lipinski definition) is 2. The molecular formula is C17H16ClFN2O2. The molecule has 0 saturated carbocycles. The molecule has 6 heteroatoms. The van der Waals surface area contributed by atoms with Crippen LogP contribution >= 0.6 is 11.6 Å². The fourth-order valence-corrected chi connectivity index (χ4v) is 1.99. The first-order valence-electron chi connectivity index (χ1n) is 6.93. The van der Waals surface area contributed by atoms with Crippen LogP contribution in [0.2, 0.25) is 5.02 Å². The minimum absolute atomic E-state index is 0.0288. The summed E-state index contributed by atoms with van der Waals surface area (Å²) in [5.74, 6) is -1.69. The molecule has 0 spiro atoms. The van der Waals surface area contributed by atoms with E-state index in [1.807, 2.05) is 0 Å². The Morgan fingerprint density at radius 3 is 2.30 bits per heavy atom. The van der Waals surface area contributed by atoms with Gasteiger partial charge in [-0.25, -0.2) is 4.39 Å². The molecule has 0 aliphatic heterocycles. The van der Waals surface area contributed by atoms with Gasteiger partial charge in [0.2, 0.25) is 11.8 Å². The van der Waals surface area contributed by atoms with E-state index in [-0.39, 0.29) is 5.69 Å². The monoisotopic (exact) mass is 334 g/mol. The van der Waals surface area contributed by atoms with Crippen molar-refractivity contribution in [2.45, 2.75) is 13.8 Å². The molecule has 4 nitrogen and oxygen atoms in total. The largest absolute Gasteiger partial charge is 0.325 e. The number of carbonyl (C=O) groups excluding carboxylic acids is 2. The normalized spacial score (nSPS) is 11.0. The fraction of sp³-hybridized carbons (Fsp3) is 0.176. The highest BCUT2D eigenvalue weighted by atomic mass is 35.5. The van der Waals surface area contributed by atoms with Crippen LogP contribution in [0.25, 0.3) is 0 Å². The first kappa shape index (κ1) is 17.0. The molecule has 2 amide bonds. The molecular weight excluding hydrogens is 319 g/mol. The quantitative estimate of drug-likeness (QED) is 0.828. The summed E-state index contributed by atoms with van der Waals surface area (Å²) in [5, 5.41) is 5.52. The molecule has 23 heavy (non-hydrogen) atoms. The SMILES string of the molecule is CC(C)(C(=O)Nc1cccc(Cl)c1)C(=O)Nc1ccccc1F. The lowest BCUT2D eigenvalue weighted by atomic mass is 9.90. The van der Waals surface area contributed by atoms with Crippen molar-refractivity contribution in [3.05, 3.63) is 59.4 Å². The zero-order valence-corrected chi connectivity index (χ0v) is 13.4. The summed E-state index contributed by atoms with van der Waals surface area (Å²) in [6.07, 6.45) is 0. The molecule has 0 atom stereocenters. The summed E-state index contributed by atoms with van der Waals surface area (Å²) >= 11 is 5.86. The van der Waals surface area contributed by atoms with Crippen molar-refractivity contribution in [3.8, 4) is 0 Å². The fourth-order valence-electron chi connectivity index (χ4n) is 1.80. The van der Waals surface area contributed by atoms with Crippen LogP contribution < -0.4 is 10.6 Å². The Morgan fingerprint density at radius 1 is 1.00 bits per heavy atom. The summed E-state index contributed by atoms with van der Waals surface area (Å²) in [6.45, 7) is 2.92. The van der Waals surface area contributed by atoms with E-state index in [0.29, 0.717) is 10.7 Å². The maximum atomic E-state index is 13.6. The average Bonchev–Trinajstić information content (AvgIpc) is 2.49. The van der Waals surface area contributed by atoms with Gasteiger partial charge in [-0.3, -0.25) is 9.59 Å². The molecule has 2 aromatic carbocycles. The van der Waals surface area contributed by atoms with Gasteiger partial charge < -0.3 is 10.6 Å². The van der Waals surface area contributed by atoms with Crippen molar-refractivity contribution in [2.24, 2.45) is 5.41 Å². The number of benzene rings is 2. The second-order valence-electron chi connectivity index (χ2n) is 5.52. The van der Waals surface area contributed by atoms with E-state index >= 15 is 0 Å². The number of rotatable bonds is 4. The molecule has 0 aliphatic rings. The Labute approximate surface area is 138 Å². The van der Waals surface area contributed by atoms with Gasteiger partial charge in [0.25, 0.3) is 0 Å². The number of nitrogens with one attached hydrogen (secondary N) is 2. The van der Waals surface area contributed by atoms with Crippen molar-refractivity contribution in [3.63, 3.8) is 0 Å². The lowest BCUT2D eigenvalue weighted by Gasteiger charge is -2.23. The third kappa shape index (κ3) is 4.07. The van der Waals surface area contributed by atoms with Gasteiger partial charge in [-0.1, -0.05) is 29.8 Å². The Kier molecular flexibility index (Phi) is 5.01. The second kappa shape index (κ2) is 6.79. The van der Waals surface area contributed by atoms with Gasteiger partial charge in [0.1, 0.15) is 11.2 Å². The second-order valence-corrected chi connectivity index (χ2v) is 5.96. The van der Waals surface area contributed by atoms with E-state index in [2.05, 4.69) is 10.6 Å². The predicted octanol–water partition coefficient (Wildman–Crippen LogP) is 4.08. The highest BCUT2D eigenvalue weighted by Gasteiger charge is 2.36. The van der Waals surface area contributed by atoms with Crippen LogP contribution in [0.4, 0.5) is 15.8 Å². The average molecular weight is 335 g/mol. The van der Waals surface area contributed by atoms with Gasteiger partial charge in [0, 0.05) is 10.7 Å². The highest BCUT2D eigenvalue weighted by Crippen LogP contribution is 2.23. The molecule has 2 aromatic rings. The summed E-state index contributed by atoms with van der Waals surface area (Å²) in [5.41, 5.74) is -0.889. The number of halogens is 2. The molecule has 0 aliphatic carbocycles. The number of amides is 2. The minimum Gasteiger partial charge on any atom is -0.325 e. The van der Waals surface area contributed by atoms with E-state index in [4.69, 9.17) is 11.6 Å². The summed E-state index contributed by atoms with van der Waals surface area (Å²) in [6, 6.07) is 12.4. The number of carbonyl (C=O) groups is 2. The first-order chi connectivity index (χ1) is 10.8. The van der Waals surface area contributed by atoms with E-state index in [0.717, 1.165) is 0 Å². The molecule has 0 fully saturated rings. The third-order valence-corrected chi connectivity index (χ3v) is 3.57. The number of hydrogen-bond donors (Lipinski definition) is 2. The Morgan fingerprint density at radius 2 is 1.65 bits per heavy atom. The van der Waals surface area contributed by atoms with E-state index < -0.39 is 23.0 Å². The van der Waals surface area contributed by atoms with Crippen molar-refractivity contribution in [2.75, 3.05) is 10.6 Å². The van der Waals surface area contributed by atoms with Crippen LogP contribution in [0.15, 0.2) is 48.5 Å². The summed E-state index contributed by atoms with van der Waals surface area (Å²) in [4.78, 5) is 24.7. The van der Waals surface area contributed by atoms with Gasteiger partial charge >= 0.3 is 0 Å². The molecule has 0 aromatic heterocycles. The van der Waals surface area contributed by atoms with Crippen LogP contribution in [0.3, 0.4) is 0 Å². The Balaban J connectivity index is 2.11. The molecule has 0 radical (unpaired) electrons.